The number of phosphoric acid groups is 2. The molecule has 0 heterocycles. The maximum absolute atomic E-state index is 13.1. The fourth-order valence-electron chi connectivity index (χ4n) is 11.3. The molecule has 0 aromatic heterocycles. The summed E-state index contributed by atoms with van der Waals surface area (Å²) in [6.45, 7) is 4.74. The van der Waals surface area contributed by atoms with Gasteiger partial charge >= 0.3 is 39.5 Å². The van der Waals surface area contributed by atoms with Crippen molar-refractivity contribution in [2.45, 2.75) is 380 Å². The van der Waals surface area contributed by atoms with Crippen molar-refractivity contribution in [1.29, 1.82) is 0 Å². The van der Waals surface area contributed by atoms with Gasteiger partial charge in [0.2, 0.25) is 0 Å². The van der Waals surface area contributed by atoms with Crippen molar-refractivity contribution < 1.29 is 80.2 Å². The van der Waals surface area contributed by atoms with Crippen LogP contribution in [0.1, 0.15) is 362 Å². The Morgan fingerprint density at radius 1 is 0.264 bits per heavy atom. The Morgan fingerprint density at radius 2 is 0.472 bits per heavy atom. The number of hydrogen-bond donors (Lipinski definition) is 3. The molecule has 0 bridgehead atoms. The van der Waals surface area contributed by atoms with Crippen molar-refractivity contribution in [1.82, 2.24) is 0 Å². The van der Waals surface area contributed by atoms with E-state index < -0.39 is 97.5 Å². The largest absolute Gasteiger partial charge is 0.472 e. The van der Waals surface area contributed by atoms with E-state index in [1.54, 1.807) is 0 Å². The lowest BCUT2D eigenvalue weighted by Crippen LogP contribution is -2.30. The first kappa shape index (κ1) is 102. The van der Waals surface area contributed by atoms with Gasteiger partial charge in [0.1, 0.15) is 19.3 Å². The molecule has 17 nitrogen and oxygen atoms in total. The van der Waals surface area contributed by atoms with Gasteiger partial charge in [-0.25, -0.2) is 9.13 Å². The lowest BCUT2D eigenvalue weighted by molar-refractivity contribution is -0.161. The minimum absolute atomic E-state index is 0.00646. The Hall–Kier alpha value is -4.28. The molecule has 0 aliphatic rings. The van der Waals surface area contributed by atoms with E-state index in [0.29, 0.717) is 38.5 Å². The van der Waals surface area contributed by atoms with Gasteiger partial charge in [-0.3, -0.25) is 37.3 Å². The van der Waals surface area contributed by atoms with Crippen LogP contribution >= 0.6 is 15.6 Å². The summed E-state index contributed by atoms with van der Waals surface area (Å²) >= 11 is 0. The smallest absolute Gasteiger partial charge is 0.462 e. The number of rotatable bonds is 79. The molecule has 0 rings (SSSR count). The molecule has 0 saturated carbocycles. The van der Waals surface area contributed by atoms with E-state index in [2.05, 4.69) is 113 Å². The number of unbranched alkanes of at least 4 members (excludes halogenated alkanes) is 35. The summed E-state index contributed by atoms with van der Waals surface area (Å²) < 4.78 is 68.6. The number of ether oxygens (including phenoxy) is 4. The number of aliphatic hydroxyl groups excluding tert-OH is 1. The first-order chi connectivity index (χ1) is 51.7. The van der Waals surface area contributed by atoms with Gasteiger partial charge in [-0.1, -0.05) is 317 Å². The van der Waals surface area contributed by atoms with Crippen LogP contribution in [-0.4, -0.2) is 96.7 Å². The molecule has 0 radical (unpaired) electrons. The molecule has 0 aliphatic heterocycles. The summed E-state index contributed by atoms with van der Waals surface area (Å²) in [5.41, 5.74) is 0. The minimum atomic E-state index is -5.01. The number of carbonyl (C=O) groups is 4. The van der Waals surface area contributed by atoms with Gasteiger partial charge in [0.15, 0.2) is 12.2 Å². The molecule has 0 aromatic carbocycles. The van der Waals surface area contributed by atoms with Crippen molar-refractivity contribution in [2.75, 3.05) is 39.6 Å². The van der Waals surface area contributed by atoms with Crippen molar-refractivity contribution in [3.63, 3.8) is 0 Å². The Kier molecular flexibility index (Phi) is 75.6. The third kappa shape index (κ3) is 77.9. The normalized spacial score (nSPS) is 14.4. The van der Waals surface area contributed by atoms with Gasteiger partial charge < -0.3 is 33.8 Å². The zero-order valence-corrected chi connectivity index (χ0v) is 68.9. The molecule has 0 spiro atoms. The second-order valence-electron chi connectivity index (χ2n) is 28.1. The van der Waals surface area contributed by atoms with E-state index in [0.717, 1.165) is 109 Å². The highest BCUT2D eigenvalue weighted by Crippen LogP contribution is 2.45. The van der Waals surface area contributed by atoms with E-state index in [-0.39, 0.29) is 25.7 Å². The van der Waals surface area contributed by atoms with Crippen LogP contribution in [0.5, 0.6) is 0 Å². The molecule has 0 saturated heterocycles. The molecule has 0 aliphatic carbocycles. The second kappa shape index (κ2) is 78.8. The highest BCUT2D eigenvalue weighted by molar-refractivity contribution is 7.47. The minimum Gasteiger partial charge on any atom is -0.462 e. The molecule has 0 amide bonds. The van der Waals surface area contributed by atoms with Gasteiger partial charge in [-0.15, -0.1) is 0 Å². The van der Waals surface area contributed by atoms with E-state index in [4.69, 9.17) is 37.0 Å². The van der Waals surface area contributed by atoms with E-state index in [1.165, 1.54) is 161 Å². The van der Waals surface area contributed by atoms with Crippen molar-refractivity contribution in [3.05, 3.63) is 109 Å². The third-order valence-corrected chi connectivity index (χ3v) is 19.6. The monoisotopic (exact) mass is 1530 g/mol. The molecule has 0 fully saturated rings. The van der Waals surface area contributed by atoms with Gasteiger partial charge in [0, 0.05) is 25.7 Å². The Balaban J connectivity index is 5.45. The molecule has 2 unspecified atom stereocenters. The van der Waals surface area contributed by atoms with E-state index in [1.807, 2.05) is 24.3 Å². The van der Waals surface area contributed by atoms with Crippen molar-refractivity contribution in [2.24, 2.45) is 0 Å². The number of aliphatic hydroxyl groups is 1. The van der Waals surface area contributed by atoms with Crippen molar-refractivity contribution in [3.8, 4) is 0 Å². The maximum atomic E-state index is 13.1. The Morgan fingerprint density at radius 3 is 0.783 bits per heavy atom. The molecule has 3 N–H and O–H groups in total. The van der Waals surface area contributed by atoms with Crippen LogP contribution in [0.2, 0.25) is 0 Å². The van der Waals surface area contributed by atoms with Crippen molar-refractivity contribution >= 4 is 39.5 Å². The standard InChI is InChI=1S/C87H152O17P2/c1-5-9-13-17-21-25-29-33-37-40-44-47-51-55-59-63-67-71-84(89)97-77-82(103-86(91)73-69-65-61-57-53-49-43-36-32-28-24-20-16-12-8-4)79-101-105(93,94)99-75-81(88)76-100-106(95,96)102-80-83(104-87(92)74-70-66-62-58-54-50-46-42-39-35-31-27-23-19-15-11-7-3)78-98-85(90)72-68-64-60-56-52-48-45-41-38-34-30-26-22-18-14-10-6-2/h22-23,26-27,34-36,38-39,43,45-46,48,50,56,58,60,62,81-83,88H,5-21,24-25,28-33,37,40-42,44,47,49,51-55,57,59,61,63-80H2,1-4H3,(H,93,94)(H,95,96)/b26-22-,27-23-,38-34-,39-35-,43-36-,48-45-,50-46-,60-56-,62-58-/t81-,82-,83-/m1/s1. The maximum Gasteiger partial charge on any atom is 0.472 e. The number of hydrogen-bond acceptors (Lipinski definition) is 15. The molecule has 0 aromatic rings. The molecule has 106 heavy (non-hydrogen) atoms. The van der Waals surface area contributed by atoms with Crippen LogP contribution in [-0.2, 0) is 65.4 Å². The fourth-order valence-corrected chi connectivity index (χ4v) is 12.8. The highest BCUT2D eigenvalue weighted by Gasteiger charge is 2.30. The topological polar surface area (TPSA) is 237 Å². The zero-order chi connectivity index (χ0) is 77.4. The predicted octanol–water partition coefficient (Wildman–Crippen LogP) is 24.9. The molecule has 19 heteroatoms. The summed E-state index contributed by atoms with van der Waals surface area (Å²) in [6, 6.07) is 0. The fraction of sp³-hybridized carbons (Fsp3) is 0.747. The lowest BCUT2D eigenvalue weighted by Gasteiger charge is -2.21. The summed E-state index contributed by atoms with van der Waals surface area (Å²) in [5.74, 6) is -2.30. The van der Waals surface area contributed by atoms with E-state index in [9.17, 15) is 43.2 Å². The number of carbonyl (C=O) groups excluding carboxylic acids is 4. The third-order valence-electron chi connectivity index (χ3n) is 17.7. The van der Waals surface area contributed by atoms with Crippen LogP contribution in [0, 0.1) is 0 Å². The lowest BCUT2D eigenvalue weighted by atomic mass is 10.0. The Labute approximate surface area is 645 Å². The van der Waals surface area contributed by atoms with Gasteiger partial charge in [0.05, 0.1) is 26.4 Å². The number of esters is 4. The highest BCUT2D eigenvalue weighted by atomic mass is 31.2. The van der Waals surface area contributed by atoms with E-state index >= 15 is 0 Å². The van der Waals surface area contributed by atoms with Crippen LogP contribution in [0.4, 0.5) is 0 Å². The summed E-state index contributed by atoms with van der Waals surface area (Å²) in [6.07, 6.45) is 86.4. The second-order valence-corrected chi connectivity index (χ2v) is 31.0. The molecule has 5 atom stereocenters. The molecular weight excluding hydrogens is 1380 g/mol. The zero-order valence-electron chi connectivity index (χ0n) is 67.1. The molecule has 612 valence electrons. The van der Waals surface area contributed by atoms with Gasteiger partial charge in [-0.05, 0) is 128 Å². The summed E-state index contributed by atoms with van der Waals surface area (Å²) in [7, 11) is -9.99. The first-order valence-electron chi connectivity index (χ1n) is 42.1. The summed E-state index contributed by atoms with van der Waals surface area (Å²) in [4.78, 5) is 73.1. The average Bonchev–Trinajstić information content (AvgIpc) is 0.902. The quantitative estimate of drug-likeness (QED) is 0.0169. The van der Waals surface area contributed by atoms with Gasteiger partial charge in [-0.2, -0.15) is 0 Å². The van der Waals surface area contributed by atoms with Crippen LogP contribution in [0.3, 0.4) is 0 Å². The van der Waals surface area contributed by atoms with Gasteiger partial charge in [0.25, 0.3) is 0 Å². The van der Waals surface area contributed by atoms with Crippen LogP contribution < -0.4 is 0 Å². The average molecular weight is 1530 g/mol. The SMILES string of the molecule is CCCCC/C=C\C/C=C\C/C=C\C/C=C\CCCC(=O)OC[C@H](COP(=O)(O)OC[C@H](O)COP(=O)(O)OC[C@@H](COC(=O)CCCCCCCCCCCCCCCCCCC)OC(=O)CCCCCCC/C=C\CCCCCCCC)OC(=O)CCC/C=C\C/C=C\C/C=C\C/C=C\CCCCC. The summed E-state index contributed by atoms with van der Waals surface area (Å²) in [5, 5.41) is 10.7. The van der Waals surface area contributed by atoms with Crippen LogP contribution in [0.15, 0.2) is 109 Å². The number of allylic oxidation sites excluding steroid dienone is 18. The van der Waals surface area contributed by atoms with Crippen LogP contribution in [0.25, 0.3) is 0 Å². The number of phosphoric ester groups is 2. The predicted molar refractivity (Wildman–Crippen MR) is 436 cm³/mol. The Bertz CT molecular complexity index is 2430. The molecular formula is C87H152O17P2. The first-order valence-corrected chi connectivity index (χ1v) is 45.1.